The van der Waals surface area contributed by atoms with Crippen LogP contribution in [-0.4, -0.2) is 12.6 Å². The van der Waals surface area contributed by atoms with Crippen LogP contribution in [0.15, 0.2) is 0 Å². The number of esters is 1. The van der Waals surface area contributed by atoms with Gasteiger partial charge < -0.3 is 4.74 Å². The van der Waals surface area contributed by atoms with Crippen molar-refractivity contribution in [2.75, 3.05) is 6.61 Å². The first-order chi connectivity index (χ1) is 8.70. The van der Waals surface area contributed by atoms with Crippen LogP contribution in [0, 0.1) is 5.92 Å². The molecule has 1 unspecified atom stereocenters. The Labute approximate surface area is 113 Å². The van der Waals surface area contributed by atoms with Gasteiger partial charge in [-0.3, -0.25) is 4.79 Å². The van der Waals surface area contributed by atoms with E-state index < -0.39 is 0 Å². The molecular formula is C16H32O2. The molecule has 0 heterocycles. The molecule has 0 N–H and O–H groups in total. The van der Waals surface area contributed by atoms with Crippen molar-refractivity contribution in [2.24, 2.45) is 5.92 Å². The summed E-state index contributed by atoms with van der Waals surface area (Å²) in [6.07, 6.45) is 12.9. The number of ether oxygens (including phenoxy) is 1. The van der Waals surface area contributed by atoms with E-state index in [0.717, 1.165) is 0 Å². The second-order valence-corrected chi connectivity index (χ2v) is 5.37. The summed E-state index contributed by atoms with van der Waals surface area (Å²) in [6.45, 7) is 6.61. The van der Waals surface area contributed by atoms with Gasteiger partial charge in [0.15, 0.2) is 0 Å². The third kappa shape index (κ3) is 11.9. The summed E-state index contributed by atoms with van der Waals surface area (Å²) < 4.78 is 5.17. The van der Waals surface area contributed by atoms with Crippen molar-refractivity contribution < 1.29 is 9.53 Å². The molecule has 108 valence electrons. The van der Waals surface area contributed by atoms with Crippen molar-refractivity contribution in [3.05, 3.63) is 0 Å². The minimum Gasteiger partial charge on any atom is -0.466 e. The first-order valence-electron chi connectivity index (χ1n) is 7.84. The standard InChI is InChI=1S/C16H32O2/c1-4-6-8-9-11-13-16(12-10-7-5-2)14-18-15(3)17/h16H,4-14H2,1-3H3. The fourth-order valence-corrected chi connectivity index (χ4v) is 2.27. The predicted molar refractivity (Wildman–Crippen MR) is 77.6 cm³/mol. The van der Waals surface area contributed by atoms with Crippen molar-refractivity contribution in [1.82, 2.24) is 0 Å². The second-order valence-electron chi connectivity index (χ2n) is 5.37. The van der Waals surface area contributed by atoms with Crippen LogP contribution in [0.25, 0.3) is 0 Å². The van der Waals surface area contributed by atoms with Crippen LogP contribution in [0.4, 0.5) is 0 Å². The van der Waals surface area contributed by atoms with Crippen LogP contribution in [0.1, 0.15) is 85.0 Å². The minimum atomic E-state index is -0.138. The molecular weight excluding hydrogens is 224 g/mol. The highest BCUT2D eigenvalue weighted by atomic mass is 16.5. The smallest absolute Gasteiger partial charge is 0.302 e. The lowest BCUT2D eigenvalue weighted by atomic mass is 9.95. The summed E-state index contributed by atoms with van der Waals surface area (Å²) in [4.78, 5) is 10.9. The third-order valence-corrected chi connectivity index (χ3v) is 3.45. The molecule has 0 bridgehead atoms. The molecule has 0 aliphatic carbocycles. The van der Waals surface area contributed by atoms with Crippen molar-refractivity contribution in [2.45, 2.75) is 85.0 Å². The molecule has 0 spiro atoms. The maximum atomic E-state index is 10.9. The molecule has 0 aromatic rings. The van der Waals surface area contributed by atoms with E-state index in [1.165, 1.54) is 71.1 Å². The first kappa shape index (κ1) is 17.5. The second kappa shape index (κ2) is 12.9. The summed E-state index contributed by atoms with van der Waals surface area (Å²) in [5, 5.41) is 0. The highest BCUT2D eigenvalue weighted by molar-refractivity contribution is 5.65. The van der Waals surface area contributed by atoms with Crippen molar-refractivity contribution in [1.29, 1.82) is 0 Å². The zero-order valence-electron chi connectivity index (χ0n) is 12.7. The molecule has 1 atom stereocenters. The maximum Gasteiger partial charge on any atom is 0.302 e. The molecule has 0 amide bonds. The largest absolute Gasteiger partial charge is 0.466 e. The van der Waals surface area contributed by atoms with Crippen molar-refractivity contribution in [3.8, 4) is 0 Å². The average Bonchev–Trinajstić information content (AvgIpc) is 2.35. The lowest BCUT2D eigenvalue weighted by Crippen LogP contribution is -2.12. The summed E-state index contributed by atoms with van der Waals surface area (Å²) in [5.74, 6) is 0.448. The Morgan fingerprint density at radius 1 is 0.889 bits per heavy atom. The van der Waals surface area contributed by atoms with Crippen LogP contribution >= 0.6 is 0 Å². The Bertz CT molecular complexity index is 190. The van der Waals surface area contributed by atoms with Gasteiger partial charge in [-0.25, -0.2) is 0 Å². The first-order valence-corrected chi connectivity index (χ1v) is 7.84. The number of carbonyl (C=O) groups is 1. The Balaban J connectivity index is 3.70. The normalized spacial score (nSPS) is 12.4. The Hall–Kier alpha value is -0.530. The highest BCUT2D eigenvalue weighted by Crippen LogP contribution is 2.18. The van der Waals surface area contributed by atoms with Gasteiger partial charge in [0.1, 0.15) is 0 Å². The van der Waals surface area contributed by atoms with E-state index in [4.69, 9.17) is 4.74 Å². The van der Waals surface area contributed by atoms with Crippen LogP contribution < -0.4 is 0 Å². The van der Waals surface area contributed by atoms with Crippen LogP contribution in [0.5, 0.6) is 0 Å². The number of hydrogen-bond acceptors (Lipinski definition) is 2. The summed E-state index contributed by atoms with van der Waals surface area (Å²) in [5.41, 5.74) is 0. The molecule has 2 nitrogen and oxygen atoms in total. The van der Waals surface area contributed by atoms with E-state index in [-0.39, 0.29) is 5.97 Å². The van der Waals surface area contributed by atoms with Gasteiger partial charge in [-0.05, 0) is 18.8 Å². The molecule has 0 aliphatic rings. The Morgan fingerprint density at radius 2 is 1.39 bits per heavy atom. The molecule has 0 rings (SSSR count). The predicted octanol–water partition coefficient (Wildman–Crippen LogP) is 5.11. The average molecular weight is 256 g/mol. The van der Waals surface area contributed by atoms with Gasteiger partial charge in [0.2, 0.25) is 0 Å². The van der Waals surface area contributed by atoms with Gasteiger partial charge in [0, 0.05) is 6.92 Å². The molecule has 0 saturated heterocycles. The van der Waals surface area contributed by atoms with Gasteiger partial charge in [-0.2, -0.15) is 0 Å². The van der Waals surface area contributed by atoms with Crippen LogP contribution in [0.2, 0.25) is 0 Å². The Morgan fingerprint density at radius 3 is 1.94 bits per heavy atom. The molecule has 0 fully saturated rings. The minimum absolute atomic E-state index is 0.138. The molecule has 0 aromatic heterocycles. The summed E-state index contributed by atoms with van der Waals surface area (Å²) >= 11 is 0. The SMILES string of the molecule is CCCCCCCC(CCCCC)COC(C)=O. The van der Waals surface area contributed by atoms with E-state index in [2.05, 4.69) is 13.8 Å². The van der Waals surface area contributed by atoms with Gasteiger partial charge in [-0.15, -0.1) is 0 Å². The maximum absolute atomic E-state index is 10.9. The van der Waals surface area contributed by atoms with E-state index in [1.54, 1.807) is 0 Å². The van der Waals surface area contributed by atoms with Crippen LogP contribution in [0.3, 0.4) is 0 Å². The van der Waals surface area contributed by atoms with Crippen LogP contribution in [-0.2, 0) is 9.53 Å². The monoisotopic (exact) mass is 256 g/mol. The quantitative estimate of drug-likeness (QED) is 0.358. The number of hydrogen-bond donors (Lipinski definition) is 0. The van der Waals surface area contributed by atoms with E-state index in [0.29, 0.717) is 12.5 Å². The number of unbranched alkanes of at least 4 members (excludes halogenated alkanes) is 6. The van der Waals surface area contributed by atoms with E-state index in [9.17, 15) is 4.79 Å². The topological polar surface area (TPSA) is 26.3 Å². The van der Waals surface area contributed by atoms with Crippen molar-refractivity contribution >= 4 is 5.97 Å². The molecule has 0 aliphatic heterocycles. The fourth-order valence-electron chi connectivity index (χ4n) is 2.27. The highest BCUT2D eigenvalue weighted by Gasteiger charge is 2.10. The Kier molecular flexibility index (Phi) is 12.5. The zero-order chi connectivity index (χ0) is 13.6. The van der Waals surface area contributed by atoms with E-state index in [1.807, 2.05) is 0 Å². The fraction of sp³-hybridized carbons (Fsp3) is 0.938. The van der Waals surface area contributed by atoms with Gasteiger partial charge >= 0.3 is 5.97 Å². The van der Waals surface area contributed by atoms with Gasteiger partial charge in [0.05, 0.1) is 6.61 Å². The molecule has 2 heteroatoms. The lowest BCUT2D eigenvalue weighted by Gasteiger charge is -2.16. The number of rotatable bonds is 12. The van der Waals surface area contributed by atoms with Crippen molar-refractivity contribution in [3.63, 3.8) is 0 Å². The third-order valence-electron chi connectivity index (χ3n) is 3.45. The molecule has 0 radical (unpaired) electrons. The van der Waals surface area contributed by atoms with Gasteiger partial charge in [0.25, 0.3) is 0 Å². The zero-order valence-corrected chi connectivity index (χ0v) is 12.7. The summed E-state index contributed by atoms with van der Waals surface area (Å²) in [7, 11) is 0. The summed E-state index contributed by atoms with van der Waals surface area (Å²) in [6, 6.07) is 0. The van der Waals surface area contributed by atoms with Gasteiger partial charge in [-0.1, -0.05) is 65.2 Å². The number of carbonyl (C=O) groups excluding carboxylic acids is 1. The molecule has 0 saturated carbocycles. The molecule has 0 aromatic carbocycles. The lowest BCUT2D eigenvalue weighted by molar-refractivity contribution is -0.142. The molecule has 18 heavy (non-hydrogen) atoms. The van der Waals surface area contributed by atoms with E-state index >= 15 is 0 Å².